The minimum atomic E-state index is -0.316. The van der Waals surface area contributed by atoms with Gasteiger partial charge in [0, 0.05) is 17.9 Å². The van der Waals surface area contributed by atoms with Crippen molar-refractivity contribution in [3.05, 3.63) is 11.7 Å². The Bertz CT molecular complexity index is 351. The summed E-state index contributed by atoms with van der Waals surface area (Å²) >= 11 is 1.74. The predicted molar refractivity (Wildman–Crippen MR) is 56.8 cm³/mol. The van der Waals surface area contributed by atoms with Gasteiger partial charge in [0.1, 0.15) is 0 Å². The molecule has 0 bridgehead atoms. The van der Waals surface area contributed by atoms with Crippen LogP contribution in [0.5, 0.6) is 0 Å². The van der Waals surface area contributed by atoms with Crippen LogP contribution in [0.15, 0.2) is 4.52 Å². The molecule has 2 fully saturated rings. The lowest BCUT2D eigenvalue weighted by atomic mass is 10.1. The average Bonchev–Trinajstić information content (AvgIpc) is 2.74. The minimum absolute atomic E-state index is 0.0513. The molecule has 2 aliphatic rings. The van der Waals surface area contributed by atoms with Gasteiger partial charge < -0.3 is 9.63 Å². The standard InChI is InChI=1S/C10H14N2O2S/c13-8-5-15-4-7(8)10-11-9(12-14-10)3-6-1-2-6/h6-8,13H,1-5H2. The maximum atomic E-state index is 9.70. The van der Waals surface area contributed by atoms with Crippen molar-refractivity contribution in [2.45, 2.75) is 31.3 Å². The monoisotopic (exact) mass is 226 g/mol. The van der Waals surface area contributed by atoms with Crippen LogP contribution >= 0.6 is 11.8 Å². The number of aromatic nitrogens is 2. The largest absolute Gasteiger partial charge is 0.391 e. The van der Waals surface area contributed by atoms with Gasteiger partial charge in [-0.2, -0.15) is 16.7 Å². The van der Waals surface area contributed by atoms with Crippen LogP contribution in [0.1, 0.15) is 30.5 Å². The lowest BCUT2D eigenvalue weighted by Crippen LogP contribution is -2.15. The van der Waals surface area contributed by atoms with E-state index in [0.29, 0.717) is 5.89 Å². The van der Waals surface area contributed by atoms with Crippen molar-refractivity contribution in [2.75, 3.05) is 11.5 Å². The lowest BCUT2D eigenvalue weighted by Gasteiger charge is -2.06. The van der Waals surface area contributed by atoms with E-state index in [4.69, 9.17) is 4.52 Å². The molecule has 15 heavy (non-hydrogen) atoms. The lowest BCUT2D eigenvalue weighted by molar-refractivity contribution is 0.164. The van der Waals surface area contributed by atoms with Gasteiger partial charge in [-0.05, 0) is 18.8 Å². The van der Waals surface area contributed by atoms with Gasteiger partial charge in [-0.15, -0.1) is 0 Å². The molecule has 0 amide bonds. The van der Waals surface area contributed by atoms with Gasteiger partial charge >= 0.3 is 0 Å². The molecule has 1 aliphatic carbocycles. The summed E-state index contributed by atoms with van der Waals surface area (Å²) in [6, 6.07) is 0. The van der Waals surface area contributed by atoms with E-state index >= 15 is 0 Å². The quantitative estimate of drug-likeness (QED) is 0.839. The highest BCUT2D eigenvalue weighted by atomic mass is 32.2. The summed E-state index contributed by atoms with van der Waals surface area (Å²) in [5, 5.41) is 13.7. The molecular formula is C10H14N2O2S. The topological polar surface area (TPSA) is 59.2 Å². The van der Waals surface area contributed by atoms with Crippen molar-refractivity contribution >= 4 is 11.8 Å². The summed E-state index contributed by atoms with van der Waals surface area (Å²) in [5.41, 5.74) is 0. The Labute approximate surface area is 92.4 Å². The summed E-state index contributed by atoms with van der Waals surface area (Å²) in [6.07, 6.45) is 3.22. The molecule has 1 saturated heterocycles. The third-order valence-corrected chi connectivity index (χ3v) is 4.19. The number of aliphatic hydroxyl groups excluding tert-OH is 1. The molecule has 2 atom stereocenters. The average molecular weight is 226 g/mol. The van der Waals surface area contributed by atoms with Crippen molar-refractivity contribution in [1.29, 1.82) is 0 Å². The number of hydrogen-bond donors (Lipinski definition) is 1. The first-order valence-electron chi connectivity index (χ1n) is 5.41. The van der Waals surface area contributed by atoms with Gasteiger partial charge in [-0.3, -0.25) is 0 Å². The van der Waals surface area contributed by atoms with Crippen LogP contribution in [0.25, 0.3) is 0 Å². The second-order valence-corrected chi connectivity index (χ2v) is 5.48. The van der Waals surface area contributed by atoms with Crippen molar-refractivity contribution in [2.24, 2.45) is 5.92 Å². The predicted octanol–water partition coefficient (Wildman–Crippen LogP) is 1.21. The van der Waals surface area contributed by atoms with Crippen LogP contribution in [0.3, 0.4) is 0 Å². The molecule has 0 spiro atoms. The summed E-state index contributed by atoms with van der Waals surface area (Å²) in [5.74, 6) is 3.95. The van der Waals surface area contributed by atoms with Gasteiger partial charge in [0.05, 0.1) is 12.0 Å². The number of nitrogens with zero attached hydrogens (tertiary/aromatic N) is 2. The van der Waals surface area contributed by atoms with E-state index in [2.05, 4.69) is 10.1 Å². The number of rotatable bonds is 3. The van der Waals surface area contributed by atoms with Crippen LogP contribution in [-0.2, 0) is 6.42 Å². The number of thioether (sulfide) groups is 1. The van der Waals surface area contributed by atoms with Crippen LogP contribution in [0, 0.1) is 5.92 Å². The first-order valence-corrected chi connectivity index (χ1v) is 6.56. The highest BCUT2D eigenvalue weighted by Gasteiger charge is 2.32. The van der Waals surface area contributed by atoms with E-state index in [9.17, 15) is 5.11 Å². The number of hydrogen-bond acceptors (Lipinski definition) is 5. The first kappa shape index (κ1) is 9.66. The van der Waals surface area contributed by atoms with E-state index in [-0.39, 0.29) is 12.0 Å². The fourth-order valence-corrected chi connectivity index (χ4v) is 3.09. The van der Waals surface area contributed by atoms with E-state index in [1.54, 1.807) is 11.8 Å². The van der Waals surface area contributed by atoms with Crippen LogP contribution in [-0.4, -0.2) is 32.9 Å². The molecule has 2 heterocycles. The Hall–Kier alpha value is -0.550. The van der Waals surface area contributed by atoms with Crippen LogP contribution < -0.4 is 0 Å². The molecule has 3 rings (SSSR count). The normalized spacial score (nSPS) is 31.0. The smallest absolute Gasteiger partial charge is 0.233 e. The summed E-state index contributed by atoms with van der Waals surface area (Å²) in [4.78, 5) is 4.37. The van der Waals surface area contributed by atoms with E-state index in [1.165, 1.54) is 12.8 Å². The van der Waals surface area contributed by atoms with Crippen LogP contribution in [0.4, 0.5) is 0 Å². The molecule has 1 aliphatic heterocycles. The highest BCUT2D eigenvalue weighted by molar-refractivity contribution is 7.99. The molecule has 0 radical (unpaired) electrons. The zero-order valence-electron chi connectivity index (χ0n) is 8.43. The Morgan fingerprint density at radius 2 is 2.27 bits per heavy atom. The molecule has 1 aromatic heterocycles. The molecule has 1 aromatic rings. The van der Waals surface area contributed by atoms with Crippen molar-refractivity contribution in [3.63, 3.8) is 0 Å². The van der Waals surface area contributed by atoms with Crippen molar-refractivity contribution in [1.82, 2.24) is 10.1 Å². The maximum Gasteiger partial charge on any atom is 0.233 e. The zero-order valence-corrected chi connectivity index (χ0v) is 9.24. The minimum Gasteiger partial charge on any atom is -0.391 e. The maximum absolute atomic E-state index is 9.70. The van der Waals surface area contributed by atoms with Gasteiger partial charge in [0.25, 0.3) is 0 Å². The Kier molecular flexibility index (Phi) is 2.44. The highest BCUT2D eigenvalue weighted by Crippen LogP contribution is 2.34. The summed E-state index contributed by atoms with van der Waals surface area (Å²) in [6.45, 7) is 0. The van der Waals surface area contributed by atoms with E-state index in [1.807, 2.05) is 0 Å². The summed E-state index contributed by atoms with van der Waals surface area (Å²) in [7, 11) is 0. The molecule has 0 aromatic carbocycles. The fraction of sp³-hybridized carbons (Fsp3) is 0.800. The number of aliphatic hydroxyl groups is 1. The second-order valence-electron chi connectivity index (χ2n) is 4.41. The SMILES string of the molecule is OC1CSCC1c1nc(CC2CC2)no1. The summed E-state index contributed by atoms with van der Waals surface area (Å²) < 4.78 is 5.21. The van der Waals surface area contributed by atoms with Gasteiger partial charge in [-0.1, -0.05) is 5.16 Å². The van der Waals surface area contributed by atoms with Crippen LogP contribution in [0.2, 0.25) is 0 Å². The molecule has 2 unspecified atom stereocenters. The van der Waals surface area contributed by atoms with Crippen molar-refractivity contribution < 1.29 is 9.63 Å². The van der Waals surface area contributed by atoms with Crippen molar-refractivity contribution in [3.8, 4) is 0 Å². The molecule has 1 saturated carbocycles. The van der Waals surface area contributed by atoms with Gasteiger partial charge in [0.15, 0.2) is 5.82 Å². The zero-order chi connectivity index (χ0) is 10.3. The fourth-order valence-electron chi connectivity index (χ4n) is 1.86. The van der Waals surface area contributed by atoms with E-state index < -0.39 is 0 Å². The Morgan fingerprint density at radius 3 is 2.93 bits per heavy atom. The van der Waals surface area contributed by atoms with Gasteiger partial charge in [-0.25, -0.2) is 0 Å². The van der Waals surface area contributed by atoms with E-state index in [0.717, 1.165) is 29.7 Å². The Morgan fingerprint density at radius 1 is 1.40 bits per heavy atom. The molecule has 4 nitrogen and oxygen atoms in total. The molecule has 1 N–H and O–H groups in total. The molecule has 82 valence electrons. The van der Waals surface area contributed by atoms with Gasteiger partial charge in [0.2, 0.25) is 5.89 Å². The third-order valence-electron chi connectivity index (χ3n) is 3.02. The molecular weight excluding hydrogens is 212 g/mol. The first-order chi connectivity index (χ1) is 7.33. The molecule has 5 heteroatoms. The second kappa shape index (κ2) is 3.79. The third kappa shape index (κ3) is 2.03. The Balaban J connectivity index is 1.71.